The number of nitrogens with zero attached hydrogens (tertiary/aromatic N) is 2. The van der Waals surface area contributed by atoms with E-state index in [0.717, 1.165) is 40.8 Å². The van der Waals surface area contributed by atoms with Gasteiger partial charge in [-0.25, -0.2) is 0 Å². The monoisotopic (exact) mass is 358 g/mol. The van der Waals surface area contributed by atoms with Crippen LogP contribution in [-0.2, 0) is 31.1 Å². The number of hydrogen-bond donors (Lipinski definition) is 0. The molecule has 1 aliphatic carbocycles. The molecule has 1 aliphatic rings. The second kappa shape index (κ2) is 6.95. The van der Waals surface area contributed by atoms with Crippen molar-refractivity contribution in [1.29, 1.82) is 0 Å². The number of rotatable bonds is 3. The SMILES string of the molecule is Cc1cc(-c2ccc3c(c2Cc2ccccn2)CCC(=O)C3)cn(C)c1=O. The quantitative estimate of drug-likeness (QED) is 0.721. The van der Waals surface area contributed by atoms with Gasteiger partial charge in [0.25, 0.3) is 5.56 Å². The molecule has 0 saturated carbocycles. The molecule has 0 spiro atoms. The van der Waals surface area contributed by atoms with Gasteiger partial charge in [-0.05, 0) is 59.4 Å². The van der Waals surface area contributed by atoms with Crippen molar-refractivity contribution in [3.05, 3.63) is 87.1 Å². The van der Waals surface area contributed by atoms with Crippen molar-refractivity contribution in [2.45, 2.75) is 32.6 Å². The van der Waals surface area contributed by atoms with Crippen LogP contribution in [0.4, 0.5) is 0 Å². The van der Waals surface area contributed by atoms with Crippen molar-refractivity contribution in [2.75, 3.05) is 0 Å². The maximum atomic E-state index is 12.1. The molecule has 0 amide bonds. The number of carbonyl (C=O) groups excluding carboxylic acids is 1. The van der Waals surface area contributed by atoms with Crippen molar-refractivity contribution in [3.63, 3.8) is 0 Å². The summed E-state index contributed by atoms with van der Waals surface area (Å²) in [6.07, 6.45) is 6.30. The molecule has 2 aromatic heterocycles. The van der Waals surface area contributed by atoms with Crippen LogP contribution < -0.4 is 5.56 Å². The molecule has 0 bridgehead atoms. The predicted molar refractivity (Wildman–Crippen MR) is 106 cm³/mol. The summed E-state index contributed by atoms with van der Waals surface area (Å²) in [7, 11) is 1.79. The molecule has 0 N–H and O–H groups in total. The molecular weight excluding hydrogens is 336 g/mol. The van der Waals surface area contributed by atoms with E-state index in [0.29, 0.717) is 18.6 Å². The molecule has 0 aliphatic heterocycles. The van der Waals surface area contributed by atoms with E-state index in [1.165, 1.54) is 11.1 Å². The van der Waals surface area contributed by atoms with Crippen LogP contribution in [0.3, 0.4) is 0 Å². The number of aryl methyl sites for hydroxylation is 2. The highest BCUT2D eigenvalue weighted by Crippen LogP contribution is 2.33. The minimum atomic E-state index is 0.0218. The van der Waals surface area contributed by atoms with Gasteiger partial charge in [-0.1, -0.05) is 18.2 Å². The summed E-state index contributed by atoms with van der Waals surface area (Å²) in [5, 5.41) is 0. The van der Waals surface area contributed by atoms with Crippen LogP contribution in [0, 0.1) is 6.92 Å². The number of pyridine rings is 2. The summed E-state index contributed by atoms with van der Waals surface area (Å²) in [6.45, 7) is 1.85. The van der Waals surface area contributed by atoms with Crippen LogP contribution in [0.1, 0.15) is 34.4 Å². The van der Waals surface area contributed by atoms with Crippen LogP contribution >= 0.6 is 0 Å². The lowest BCUT2D eigenvalue weighted by Crippen LogP contribution is -2.19. The summed E-state index contributed by atoms with van der Waals surface area (Å²) in [4.78, 5) is 28.5. The predicted octanol–water partition coefficient (Wildman–Crippen LogP) is 3.40. The number of aromatic nitrogens is 2. The van der Waals surface area contributed by atoms with Crippen molar-refractivity contribution in [2.24, 2.45) is 7.05 Å². The molecule has 4 heteroatoms. The van der Waals surface area contributed by atoms with Gasteiger partial charge in [0.2, 0.25) is 0 Å². The minimum absolute atomic E-state index is 0.0218. The first-order valence-corrected chi connectivity index (χ1v) is 9.26. The van der Waals surface area contributed by atoms with Gasteiger partial charge in [-0.2, -0.15) is 0 Å². The van der Waals surface area contributed by atoms with Crippen LogP contribution in [0.2, 0.25) is 0 Å². The van der Waals surface area contributed by atoms with Gasteiger partial charge in [-0.15, -0.1) is 0 Å². The Morgan fingerprint density at radius 3 is 2.70 bits per heavy atom. The zero-order valence-electron chi connectivity index (χ0n) is 15.7. The fraction of sp³-hybridized carbons (Fsp3) is 0.261. The van der Waals surface area contributed by atoms with Gasteiger partial charge in [0.15, 0.2) is 0 Å². The topological polar surface area (TPSA) is 52.0 Å². The Morgan fingerprint density at radius 1 is 1.11 bits per heavy atom. The summed E-state index contributed by atoms with van der Waals surface area (Å²) < 4.78 is 1.64. The standard InChI is InChI=1S/C23H22N2O2/c1-15-11-17(14-25(2)23(15)27)21-8-6-16-12-19(26)7-9-20(16)22(21)13-18-5-3-4-10-24-18/h3-6,8,10-11,14H,7,9,12-13H2,1-2H3. The lowest BCUT2D eigenvalue weighted by atomic mass is 9.82. The molecule has 0 saturated heterocycles. The molecule has 27 heavy (non-hydrogen) atoms. The zero-order valence-corrected chi connectivity index (χ0v) is 15.7. The van der Waals surface area contributed by atoms with Gasteiger partial charge < -0.3 is 4.57 Å². The molecule has 0 atom stereocenters. The van der Waals surface area contributed by atoms with Crippen LogP contribution in [0.25, 0.3) is 11.1 Å². The molecule has 0 unspecified atom stereocenters. The van der Waals surface area contributed by atoms with Crippen molar-refractivity contribution in [3.8, 4) is 11.1 Å². The zero-order chi connectivity index (χ0) is 19.0. The van der Waals surface area contributed by atoms with E-state index in [1.54, 1.807) is 11.6 Å². The summed E-state index contributed by atoms with van der Waals surface area (Å²) in [5.74, 6) is 0.303. The van der Waals surface area contributed by atoms with Gasteiger partial charge in [0, 0.05) is 50.0 Å². The van der Waals surface area contributed by atoms with E-state index in [4.69, 9.17) is 0 Å². The average molecular weight is 358 g/mol. The Kier molecular flexibility index (Phi) is 4.48. The number of carbonyl (C=O) groups is 1. The third-order valence-corrected chi connectivity index (χ3v) is 5.33. The maximum Gasteiger partial charge on any atom is 0.253 e. The first-order valence-electron chi connectivity index (χ1n) is 9.26. The Labute approximate surface area is 158 Å². The number of Topliss-reactive ketones (excluding diaryl/α,β-unsaturated/α-hetero) is 1. The molecule has 136 valence electrons. The molecule has 2 heterocycles. The second-order valence-electron chi connectivity index (χ2n) is 7.27. The van der Waals surface area contributed by atoms with E-state index >= 15 is 0 Å². The summed E-state index contributed by atoms with van der Waals surface area (Å²) in [6, 6.07) is 12.1. The summed E-state index contributed by atoms with van der Waals surface area (Å²) in [5.41, 5.74) is 7.52. The Bertz CT molecular complexity index is 1060. The number of benzene rings is 1. The largest absolute Gasteiger partial charge is 0.318 e. The number of hydrogen-bond acceptors (Lipinski definition) is 3. The van der Waals surface area contributed by atoms with Gasteiger partial charge in [-0.3, -0.25) is 14.6 Å². The first-order chi connectivity index (χ1) is 13.0. The van der Waals surface area contributed by atoms with E-state index < -0.39 is 0 Å². The van der Waals surface area contributed by atoms with E-state index in [9.17, 15) is 9.59 Å². The molecule has 4 rings (SSSR count). The normalized spacial score (nSPS) is 13.5. The maximum absolute atomic E-state index is 12.1. The lowest BCUT2D eigenvalue weighted by molar-refractivity contribution is -0.118. The van der Waals surface area contributed by atoms with Crippen molar-refractivity contribution in [1.82, 2.24) is 9.55 Å². The highest BCUT2D eigenvalue weighted by Gasteiger charge is 2.22. The Hall–Kier alpha value is -3.01. The Morgan fingerprint density at radius 2 is 1.96 bits per heavy atom. The van der Waals surface area contributed by atoms with Gasteiger partial charge in [0.1, 0.15) is 5.78 Å². The molecule has 0 fully saturated rings. The van der Waals surface area contributed by atoms with Crippen LogP contribution in [0.15, 0.2) is 53.6 Å². The average Bonchev–Trinajstić information content (AvgIpc) is 2.66. The molecule has 3 aromatic rings. The van der Waals surface area contributed by atoms with Crippen molar-refractivity contribution >= 4 is 5.78 Å². The first kappa shape index (κ1) is 17.4. The smallest absolute Gasteiger partial charge is 0.253 e. The molecule has 0 radical (unpaired) electrons. The van der Waals surface area contributed by atoms with Crippen molar-refractivity contribution < 1.29 is 4.79 Å². The van der Waals surface area contributed by atoms with Gasteiger partial charge in [0.05, 0.1) is 0 Å². The highest BCUT2D eigenvalue weighted by molar-refractivity contribution is 5.84. The third kappa shape index (κ3) is 3.35. The molecular formula is C23H22N2O2. The fourth-order valence-corrected chi connectivity index (χ4v) is 3.96. The fourth-order valence-electron chi connectivity index (χ4n) is 3.96. The number of fused-ring (bicyclic) bond motifs is 1. The van der Waals surface area contributed by atoms with Crippen LogP contribution in [-0.4, -0.2) is 15.3 Å². The van der Waals surface area contributed by atoms with E-state index in [1.807, 2.05) is 43.6 Å². The Balaban J connectivity index is 1.91. The molecule has 4 nitrogen and oxygen atoms in total. The minimum Gasteiger partial charge on any atom is -0.318 e. The van der Waals surface area contributed by atoms with E-state index in [2.05, 4.69) is 17.1 Å². The number of ketones is 1. The second-order valence-corrected chi connectivity index (χ2v) is 7.27. The lowest BCUT2D eigenvalue weighted by Gasteiger charge is -2.22. The van der Waals surface area contributed by atoms with Crippen LogP contribution in [0.5, 0.6) is 0 Å². The van der Waals surface area contributed by atoms with E-state index in [-0.39, 0.29) is 5.56 Å². The third-order valence-electron chi connectivity index (χ3n) is 5.33. The summed E-state index contributed by atoms with van der Waals surface area (Å²) >= 11 is 0. The highest BCUT2D eigenvalue weighted by atomic mass is 16.1. The van der Waals surface area contributed by atoms with Gasteiger partial charge >= 0.3 is 0 Å². The molecule has 1 aromatic carbocycles.